The number of benzene rings is 3. The Labute approximate surface area is 226 Å². The molecule has 13 heteroatoms. The number of aryl methyl sites for hydroxylation is 1. The van der Waals surface area contributed by atoms with Crippen LogP contribution >= 0.6 is 23.4 Å². The Hall–Kier alpha value is -3.35. The highest BCUT2D eigenvalue weighted by Gasteiger charge is 2.31. The number of hydrogen-bond donors (Lipinski definition) is 1. The van der Waals surface area contributed by atoms with Crippen molar-refractivity contribution in [3.63, 3.8) is 0 Å². The monoisotopic (exact) mass is 580 g/mol. The summed E-state index contributed by atoms with van der Waals surface area (Å²) in [5.74, 6) is -1.18. The first-order valence-electron chi connectivity index (χ1n) is 11.0. The summed E-state index contributed by atoms with van der Waals surface area (Å²) in [6.45, 7) is 1.85. The fourth-order valence-electron chi connectivity index (χ4n) is 3.44. The summed E-state index contributed by atoms with van der Waals surface area (Å²) >= 11 is 6.91. The number of carbonyl (C=O) groups is 1. The Morgan fingerprint density at radius 1 is 1.03 bits per heavy atom. The van der Waals surface area contributed by atoms with Gasteiger partial charge >= 0.3 is 6.18 Å². The Balaban J connectivity index is 1.56. The molecule has 0 aliphatic carbocycles. The van der Waals surface area contributed by atoms with E-state index in [1.807, 2.05) is 6.92 Å². The van der Waals surface area contributed by atoms with Gasteiger partial charge in [0, 0.05) is 5.69 Å². The van der Waals surface area contributed by atoms with Crippen LogP contribution in [-0.4, -0.2) is 34.8 Å². The summed E-state index contributed by atoms with van der Waals surface area (Å²) < 4.78 is 66.8. The maximum Gasteiger partial charge on any atom is 0.416 e. The number of rotatable bonds is 8. The Bertz CT molecular complexity index is 1560. The lowest BCUT2D eigenvalue weighted by Crippen LogP contribution is -2.16. The van der Waals surface area contributed by atoms with Crippen LogP contribution in [0.3, 0.4) is 0 Å². The van der Waals surface area contributed by atoms with Crippen LogP contribution in [0.2, 0.25) is 5.02 Å². The molecule has 7 nitrogen and oxygen atoms in total. The SMILES string of the molecule is Cc1ccc(S(=O)(=O)Cc2nnc(SCC(=O)Nc3cc(C(F)(F)F)ccc3Cl)n2-c2ccccc2)cc1. The van der Waals surface area contributed by atoms with Gasteiger partial charge in [0.05, 0.1) is 26.9 Å². The molecule has 1 N–H and O–H groups in total. The average Bonchev–Trinajstić information content (AvgIpc) is 3.25. The molecule has 0 bridgehead atoms. The minimum absolute atomic E-state index is 0.0487. The van der Waals surface area contributed by atoms with Gasteiger partial charge in [0.1, 0.15) is 5.75 Å². The summed E-state index contributed by atoms with van der Waals surface area (Å²) in [4.78, 5) is 12.7. The first kappa shape index (κ1) is 27.7. The molecule has 4 rings (SSSR count). The number of nitrogens with zero attached hydrogens (tertiary/aromatic N) is 3. The lowest BCUT2D eigenvalue weighted by atomic mass is 10.2. The van der Waals surface area contributed by atoms with Gasteiger partial charge in [-0.15, -0.1) is 10.2 Å². The highest BCUT2D eigenvalue weighted by molar-refractivity contribution is 7.99. The molecule has 3 aromatic carbocycles. The van der Waals surface area contributed by atoms with Crippen molar-refractivity contribution in [2.45, 2.75) is 28.9 Å². The zero-order chi connectivity index (χ0) is 27.5. The Morgan fingerprint density at radius 3 is 2.37 bits per heavy atom. The number of alkyl halides is 3. The van der Waals surface area contributed by atoms with E-state index in [4.69, 9.17) is 11.6 Å². The molecule has 0 radical (unpaired) electrons. The second-order valence-electron chi connectivity index (χ2n) is 8.17. The second kappa shape index (κ2) is 11.2. The highest BCUT2D eigenvalue weighted by Crippen LogP contribution is 2.34. The maximum absolute atomic E-state index is 13.1. The van der Waals surface area contributed by atoms with Crippen LogP contribution in [-0.2, 0) is 26.6 Å². The van der Waals surface area contributed by atoms with E-state index in [1.165, 1.54) is 16.7 Å². The lowest BCUT2D eigenvalue weighted by Gasteiger charge is -2.12. The molecule has 0 fully saturated rings. The summed E-state index contributed by atoms with van der Waals surface area (Å²) in [5.41, 5.74) is 0.366. The van der Waals surface area contributed by atoms with Crippen LogP contribution < -0.4 is 5.32 Å². The molecule has 0 saturated heterocycles. The Kier molecular flexibility index (Phi) is 8.14. The zero-order valence-corrected chi connectivity index (χ0v) is 22.1. The van der Waals surface area contributed by atoms with Gasteiger partial charge in [0.25, 0.3) is 0 Å². The summed E-state index contributed by atoms with van der Waals surface area (Å²) in [6, 6.07) is 17.8. The molecule has 0 aliphatic heterocycles. The molecule has 0 spiro atoms. The molecule has 1 heterocycles. The first-order valence-corrected chi connectivity index (χ1v) is 14.0. The fraction of sp³-hybridized carbons (Fsp3) is 0.160. The molecule has 1 amide bonds. The van der Waals surface area contributed by atoms with Crippen LogP contribution in [0, 0.1) is 6.92 Å². The number of carbonyl (C=O) groups excluding carboxylic acids is 1. The largest absolute Gasteiger partial charge is 0.416 e. The number of hydrogen-bond acceptors (Lipinski definition) is 6. The normalized spacial score (nSPS) is 11.9. The predicted octanol–water partition coefficient (Wildman–Crippen LogP) is 5.95. The van der Waals surface area contributed by atoms with Crippen molar-refractivity contribution in [2.75, 3.05) is 11.1 Å². The molecular formula is C25H20ClF3N4O3S2. The van der Waals surface area contributed by atoms with E-state index >= 15 is 0 Å². The van der Waals surface area contributed by atoms with Crippen molar-refractivity contribution in [2.24, 2.45) is 0 Å². The average molecular weight is 581 g/mol. The molecule has 198 valence electrons. The number of aromatic nitrogens is 3. The number of sulfone groups is 1. The topological polar surface area (TPSA) is 94.0 Å². The van der Waals surface area contributed by atoms with Gasteiger partial charge in [-0.1, -0.05) is 59.3 Å². The maximum atomic E-state index is 13.1. The van der Waals surface area contributed by atoms with E-state index in [2.05, 4.69) is 15.5 Å². The number of nitrogens with one attached hydrogen (secondary N) is 1. The van der Waals surface area contributed by atoms with Crippen LogP contribution in [0.25, 0.3) is 5.69 Å². The molecule has 0 unspecified atom stereocenters. The van der Waals surface area contributed by atoms with Crippen LogP contribution in [0.1, 0.15) is 17.0 Å². The minimum Gasteiger partial charge on any atom is -0.324 e. The molecule has 4 aromatic rings. The van der Waals surface area contributed by atoms with E-state index in [0.29, 0.717) is 5.69 Å². The van der Waals surface area contributed by atoms with Gasteiger partial charge in [-0.3, -0.25) is 9.36 Å². The van der Waals surface area contributed by atoms with Gasteiger partial charge in [0.2, 0.25) is 5.91 Å². The van der Waals surface area contributed by atoms with Gasteiger partial charge in [0.15, 0.2) is 20.8 Å². The number of anilines is 1. The van der Waals surface area contributed by atoms with Gasteiger partial charge in [-0.05, 0) is 49.4 Å². The number of para-hydroxylation sites is 1. The molecule has 0 atom stereocenters. The second-order valence-corrected chi connectivity index (χ2v) is 11.5. The van der Waals surface area contributed by atoms with Crippen LogP contribution in [0.5, 0.6) is 0 Å². The van der Waals surface area contributed by atoms with Crippen molar-refractivity contribution in [3.05, 3.63) is 94.8 Å². The zero-order valence-electron chi connectivity index (χ0n) is 19.7. The van der Waals surface area contributed by atoms with E-state index in [1.54, 1.807) is 42.5 Å². The van der Waals surface area contributed by atoms with Crippen LogP contribution in [0.4, 0.5) is 18.9 Å². The van der Waals surface area contributed by atoms with Crippen molar-refractivity contribution >= 4 is 44.8 Å². The van der Waals surface area contributed by atoms with Crippen molar-refractivity contribution in [1.82, 2.24) is 14.8 Å². The van der Waals surface area contributed by atoms with E-state index in [-0.39, 0.29) is 32.3 Å². The first-order chi connectivity index (χ1) is 17.9. The summed E-state index contributed by atoms with van der Waals surface area (Å²) in [5, 5.41) is 10.7. The van der Waals surface area contributed by atoms with E-state index in [0.717, 1.165) is 35.5 Å². The van der Waals surface area contributed by atoms with Gasteiger partial charge in [-0.2, -0.15) is 13.2 Å². The van der Waals surface area contributed by atoms with Crippen molar-refractivity contribution in [1.29, 1.82) is 0 Å². The molecule has 0 aliphatic rings. The predicted molar refractivity (Wildman–Crippen MR) is 139 cm³/mol. The van der Waals surface area contributed by atoms with Gasteiger partial charge in [-0.25, -0.2) is 8.42 Å². The molecule has 1 aromatic heterocycles. The fourth-order valence-corrected chi connectivity index (χ4v) is 5.62. The number of amides is 1. The minimum atomic E-state index is -4.60. The van der Waals surface area contributed by atoms with Crippen LogP contribution in [0.15, 0.2) is 82.8 Å². The number of halogens is 4. The smallest absolute Gasteiger partial charge is 0.324 e. The number of thioether (sulfide) groups is 1. The summed E-state index contributed by atoms with van der Waals surface area (Å²) in [7, 11) is -3.76. The Morgan fingerprint density at radius 2 is 1.71 bits per heavy atom. The van der Waals surface area contributed by atoms with Gasteiger partial charge < -0.3 is 5.32 Å². The van der Waals surface area contributed by atoms with E-state index < -0.39 is 33.2 Å². The third-order valence-corrected chi connectivity index (χ3v) is 8.20. The van der Waals surface area contributed by atoms with Crippen molar-refractivity contribution in [3.8, 4) is 5.69 Å². The molecule has 0 saturated carbocycles. The highest BCUT2D eigenvalue weighted by atomic mass is 35.5. The molecular weight excluding hydrogens is 561 g/mol. The molecule has 38 heavy (non-hydrogen) atoms. The van der Waals surface area contributed by atoms with Crippen molar-refractivity contribution < 1.29 is 26.4 Å². The van der Waals surface area contributed by atoms with E-state index in [9.17, 15) is 26.4 Å². The lowest BCUT2D eigenvalue weighted by molar-refractivity contribution is -0.137. The summed E-state index contributed by atoms with van der Waals surface area (Å²) in [6.07, 6.45) is -4.60. The standard InChI is InChI=1S/C25H20ClF3N4O3S2/c1-16-7-10-19(11-8-16)38(35,36)15-22-31-32-24(33(22)18-5-3-2-4-6-18)37-14-23(34)30-21-13-17(25(27,28)29)9-12-20(21)26/h2-13H,14-15H2,1H3,(H,30,34). The third-order valence-electron chi connectivity index (χ3n) is 5.31. The quantitative estimate of drug-likeness (QED) is 0.259. The third kappa shape index (κ3) is 6.55.